The molecule has 1 amide bonds. The average Bonchev–Trinajstić information content (AvgIpc) is 3.37. The number of methoxy groups -OCH3 is 1. The number of amides is 1. The number of aliphatic hydroxyl groups is 1. The van der Waals surface area contributed by atoms with Gasteiger partial charge in [-0.1, -0.05) is 0 Å². The first kappa shape index (κ1) is 30.0. The first-order chi connectivity index (χ1) is 20.4. The van der Waals surface area contributed by atoms with Crippen molar-refractivity contribution >= 4 is 16.8 Å². The van der Waals surface area contributed by atoms with E-state index in [9.17, 15) is 36.2 Å². The van der Waals surface area contributed by atoms with Crippen LogP contribution < -0.4 is 14.8 Å². The molecule has 43 heavy (non-hydrogen) atoms. The highest BCUT2D eigenvalue weighted by molar-refractivity contribution is 5.99. The third-order valence-corrected chi connectivity index (χ3v) is 7.32. The molecule has 1 aliphatic rings. The molecule has 1 aliphatic heterocycles. The van der Waals surface area contributed by atoms with E-state index in [0.717, 1.165) is 18.2 Å². The fourth-order valence-corrected chi connectivity index (χ4v) is 4.80. The number of halogens is 6. The van der Waals surface area contributed by atoms with Gasteiger partial charge in [-0.25, -0.2) is 18.2 Å². The maximum atomic E-state index is 14.6. The topological polar surface area (TPSA) is 106 Å². The molecule has 0 saturated carbocycles. The number of hydrogen-bond donors (Lipinski definition) is 2. The van der Waals surface area contributed by atoms with Crippen molar-refractivity contribution in [3.63, 3.8) is 0 Å². The Kier molecular flexibility index (Phi) is 7.67. The maximum absolute atomic E-state index is 14.6. The zero-order valence-corrected chi connectivity index (χ0v) is 22.7. The van der Waals surface area contributed by atoms with Crippen LogP contribution in [0.5, 0.6) is 11.5 Å². The molecule has 0 spiro atoms. The summed E-state index contributed by atoms with van der Waals surface area (Å²) in [4.78, 5) is 17.1. The number of nitrogens with zero attached hydrogens (tertiary/aromatic N) is 3. The monoisotopic (exact) mass is 606 g/mol. The third kappa shape index (κ3) is 5.19. The lowest BCUT2D eigenvalue weighted by atomic mass is 9.82. The molecule has 4 aromatic rings. The molecule has 5 rings (SSSR count). The minimum Gasteiger partial charge on any atom is -0.494 e. The molecule has 0 bridgehead atoms. The maximum Gasteiger partial charge on any atom is 0.424 e. The van der Waals surface area contributed by atoms with Gasteiger partial charge in [-0.15, -0.1) is 5.10 Å². The van der Waals surface area contributed by atoms with Crippen LogP contribution in [0, 0.1) is 12.7 Å². The standard InChI is InChI=1S/C29H24F6N4O4/c1-15-7-17-8-18(9-21(42-2)23(17)39-38-15)26(40)36-13-28(41,29(33,34)35)22-10-20-25(43-14-27(20,11-30)12-31)24(37-22)16-3-5-19(32)6-4-16/h3-10,41H,11-14H2,1-2H3,(H,36,40)/t28-/m1/s1. The van der Waals surface area contributed by atoms with E-state index in [2.05, 4.69) is 20.5 Å². The van der Waals surface area contributed by atoms with Crippen molar-refractivity contribution in [3.8, 4) is 22.8 Å². The number of aryl methyl sites for hydroxylation is 1. The van der Waals surface area contributed by atoms with E-state index in [1.54, 1.807) is 13.0 Å². The highest BCUT2D eigenvalue weighted by Gasteiger charge is 2.57. The number of nitrogens with one attached hydrogen (secondary N) is 1. The van der Waals surface area contributed by atoms with Gasteiger partial charge in [-0.3, -0.25) is 4.79 Å². The minimum atomic E-state index is -5.43. The van der Waals surface area contributed by atoms with E-state index in [-0.39, 0.29) is 33.9 Å². The van der Waals surface area contributed by atoms with Crippen molar-refractivity contribution in [2.75, 3.05) is 33.6 Å². The number of carbonyl (C=O) groups is 1. The molecule has 226 valence electrons. The van der Waals surface area contributed by atoms with Gasteiger partial charge in [-0.2, -0.15) is 18.3 Å². The fraction of sp³-hybridized carbons (Fsp3) is 0.310. The Balaban J connectivity index is 1.58. The zero-order chi connectivity index (χ0) is 31.2. The van der Waals surface area contributed by atoms with Crippen LogP contribution in [0.15, 0.2) is 48.5 Å². The van der Waals surface area contributed by atoms with Crippen molar-refractivity contribution in [2.24, 2.45) is 0 Å². The van der Waals surface area contributed by atoms with Gasteiger partial charge in [0, 0.05) is 22.1 Å². The number of hydrogen-bond acceptors (Lipinski definition) is 7. The van der Waals surface area contributed by atoms with Crippen molar-refractivity contribution in [2.45, 2.75) is 24.1 Å². The van der Waals surface area contributed by atoms with Gasteiger partial charge in [-0.05, 0) is 55.5 Å². The van der Waals surface area contributed by atoms with Gasteiger partial charge >= 0.3 is 6.18 Å². The highest BCUT2D eigenvalue weighted by Crippen LogP contribution is 2.48. The smallest absolute Gasteiger partial charge is 0.424 e. The second-order valence-corrected chi connectivity index (χ2v) is 10.2. The Morgan fingerprint density at radius 1 is 1.09 bits per heavy atom. The SMILES string of the molecule is COc1cc(C(=O)NC[C@@](O)(c2cc3c(c(-c4ccc(F)cc4)n2)OCC3(CF)CF)C(F)(F)F)cc2cc(C)nnc12. The summed E-state index contributed by atoms with van der Waals surface area (Å²) in [7, 11) is 1.32. The Morgan fingerprint density at radius 3 is 2.42 bits per heavy atom. The minimum absolute atomic E-state index is 0.0724. The van der Waals surface area contributed by atoms with E-state index in [1.165, 1.54) is 31.4 Å². The average molecular weight is 607 g/mol. The van der Waals surface area contributed by atoms with Crippen LogP contribution in [0.3, 0.4) is 0 Å². The quantitative estimate of drug-likeness (QED) is 0.275. The Morgan fingerprint density at radius 2 is 1.79 bits per heavy atom. The summed E-state index contributed by atoms with van der Waals surface area (Å²) < 4.78 is 96.5. The number of aromatic nitrogens is 3. The molecule has 2 aromatic heterocycles. The summed E-state index contributed by atoms with van der Waals surface area (Å²) in [6.07, 6.45) is -5.43. The second-order valence-electron chi connectivity index (χ2n) is 10.2. The third-order valence-electron chi connectivity index (χ3n) is 7.32. The molecule has 2 aromatic carbocycles. The van der Waals surface area contributed by atoms with Crippen LogP contribution in [0.2, 0.25) is 0 Å². The highest BCUT2D eigenvalue weighted by atomic mass is 19.4. The number of fused-ring (bicyclic) bond motifs is 2. The summed E-state index contributed by atoms with van der Waals surface area (Å²) >= 11 is 0. The van der Waals surface area contributed by atoms with Gasteiger partial charge in [0.1, 0.15) is 48.5 Å². The molecular formula is C29H24F6N4O4. The van der Waals surface area contributed by atoms with Crippen molar-refractivity contribution in [3.05, 3.63) is 76.9 Å². The van der Waals surface area contributed by atoms with Gasteiger partial charge in [0.25, 0.3) is 5.91 Å². The lowest BCUT2D eigenvalue weighted by Gasteiger charge is -2.31. The van der Waals surface area contributed by atoms with Crippen molar-refractivity contribution < 1.29 is 45.7 Å². The largest absolute Gasteiger partial charge is 0.494 e. The molecule has 2 N–H and O–H groups in total. The molecular weight excluding hydrogens is 582 g/mol. The summed E-state index contributed by atoms with van der Waals surface area (Å²) in [5.74, 6) is -1.70. The lowest BCUT2D eigenvalue weighted by Crippen LogP contribution is -2.51. The van der Waals surface area contributed by atoms with Gasteiger partial charge in [0.05, 0.1) is 30.5 Å². The molecule has 0 saturated heterocycles. The zero-order valence-electron chi connectivity index (χ0n) is 22.7. The molecule has 3 heterocycles. The fourth-order valence-electron chi connectivity index (χ4n) is 4.80. The first-order valence-electron chi connectivity index (χ1n) is 12.8. The molecule has 0 radical (unpaired) electrons. The second kappa shape index (κ2) is 11.0. The molecule has 0 aliphatic carbocycles. The Labute approximate surface area is 240 Å². The predicted molar refractivity (Wildman–Crippen MR) is 142 cm³/mol. The summed E-state index contributed by atoms with van der Waals surface area (Å²) in [5.41, 5.74) is -6.60. The van der Waals surface area contributed by atoms with Crippen LogP contribution in [0.25, 0.3) is 22.2 Å². The summed E-state index contributed by atoms with van der Waals surface area (Å²) in [5, 5.41) is 21.6. The Hall–Kier alpha value is -4.46. The number of pyridine rings is 1. The number of benzene rings is 2. The number of ether oxygens (including phenoxy) is 2. The van der Waals surface area contributed by atoms with Gasteiger partial charge in [0.2, 0.25) is 5.60 Å². The molecule has 8 nitrogen and oxygen atoms in total. The van der Waals surface area contributed by atoms with Crippen molar-refractivity contribution in [1.29, 1.82) is 0 Å². The van der Waals surface area contributed by atoms with E-state index in [1.807, 2.05) is 0 Å². The molecule has 0 unspecified atom stereocenters. The van der Waals surface area contributed by atoms with Crippen LogP contribution in [-0.4, -0.2) is 66.0 Å². The molecule has 0 fully saturated rings. The summed E-state index contributed by atoms with van der Waals surface area (Å²) in [6.45, 7) is -2.94. The van der Waals surface area contributed by atoms with Crippen molar-refractivity contribution in [1.82, 2.24) is 20.5 Å². The summed E-state index contributed by atoms with van der Waals surface area (Å²) in [6, 6.07) is 9.39. The van der Waals surface area contributed by atoms with Gasteiger partial charge < -0.3 is 19.9 Å². The van der Waals surface area contributed by atoms with E-state index in [4.69, 9.17) is 9.47 Å². The van der Waals surface area contributed by atoms with Crippen LogP contribution in [-0.2, 0) is 11.0 Å². The first-order valence-corrected chi connectivity index (χ1v) is 12.8. The van der Waals surface area contributed by atoms with E-state index in [0.29, 0.717) is 16.6 Å². The van der Waals surface area contributed by atoms with Crippen LogP contribution >= 0.6 is 0 Å². The molecule has 14 heteroatoms. The van der Waals surface area contributed by atoms with Crippen LogP contribution in [0.4, 0.5) is 26.3 Å². The number of alkyl halides is 5. The molecule has 1 atom stereocenters. The normalized spacial score (nSPS) is 15.5. The van der Waals surface area contributed by atoms with Crippen LogP contribution in [0.1, 0.15) is 27.3 Å². The van der Waals surface area contributed by atoms with E-state index < -0.39 is 61.1 Å². The number of carbonyl (C=O) groups excluding carboxylic acids is 1. The van der Waals surface area contributed by atoms with E-state index >= 15 is 0 Å². The lowest BCUT2D eigenvalue weighted by molar-refractivity contribution is -0.265. The predicted octanol–water partition coefficient (Wildman–Crippen LogP) is 4.90. The Bertz CT molecular complexity index is 1700. The van der Waals surface area contributed by atoms with Gasteiger partial charge in [0.15, 0.2) is 0 Å². The number of rotatable bonds is 8.